The second kappa shape index (κ2) is 7.75. The van der Waals surface area contributed by atoms with Crippen LogP contribution in [0.25, 0.3) is 11.0 Å². The third-order valence-corrected chi connectivity index (χ3v) is 5.03. The summed E-state index contributed by atoms with van der Waals surface area (Å²) in [5, 5.41) is 4.82. The van der Waals surface area contributed by atoms with Crippen molar-refractivity contribution in [3.63, 3.8) is 0 Å². The van der Waals surface area contributed by atoms with E-state index in [4.69, 9.17) is 9.26 Å². The molecule has 0 aliphatic carbocycles. The summed E-state index contributed by atoms with van der Waals surface area (Å²) >= 11 is 0. The van der Waals surface area contributed by atoms with Crippen LogP contribution in [-0.2, 0) is 11.8 Å². The summed E-state index contributed by atoms with van der Waals surface area (Å²) in [5.41, 5.74) is 3.29. The van der Waals surface area contributed by atoms with E-state index in [0.717, 1.165) is 10.9 Å². The second-order valence-corrected chi connectivity index (χ2v) is 8.27. The normalized spacial score (nSPS) is 11.6. The maximum Gasteiger partial charge on any atom is 0.343 e. The summed E-state index contributed by atoms with van der Waals surface area (Å²) in [6.45, 7) is 6.36. The van der Waals surface area contributed by atoms with Crippen LogP contribution in [0.5, 0.6) is 5.75 Å². The standard InChI is InChI=1S/C25H22FNO3/c1-25(2,3)18-10-8-16(9-11-18)24(28)29-19-12-13-20-22(27-30-23(20)15-19)14-17-6-4-5-7-21(17)26/h4-13,15H,14H2,1-3H3. The van der Waals surface area contributed by atoms with Gasteiger partial charge < -0.3 is 9.26 Å². The number of ether oxygens (including phenoxy) is 1. The number of halogens is 1. The first kappa shape index (κ1) is 19.8. The summed E-state index contributed by atoms with van der Waals surface area (Å²) in [6, 6.07) is 19.1. The predicted octanol–water partition coefficient (Wildman–Crippen LogP) is 6.07. The van der Waals surface area contributed by atoms with Gasteiger partial charge in [0.05, 0.1) is 11.3 Å². The number of hydrogen-bond donors (Lipinski definition) is 0. The van der Waals surface area contributed by atoms with Gasteiger partial charge in [-0.25, -0.2) is 9.18 Å². The predicted molar refractivity (Wildman–Crippen MR) is 113 cm³/mol. The Morgan fingerprint density at radius 2 is 1.77 bits per heavy atom. The monoisotopic (exact) mass is 403 g/mol. The van der Waals surface area contributed by atoms with Crippen molar-refractivity contribution in [1.29, 1.82) is 0 Å². The summed E-state index contributed by atoms with van der Waals surface area (Å²) < 4.78 is 24.8. The zero-order chi connectivity index (χ0) is 21.3. The number of benzene rings is 3. The SMILES string of the molecule is CC(C)(C)c1ccc(C(=O)Oc2ccc3c(Cc4ccccc4F)noc3c2)cc1. The van der Waals surface area contributed by atoms with E-state index in [0.29, 0.717) is 34.6 Å². The molecule has 1 heterocycles. The maximum absolute atomic E-state index is 13.9. The first-order valence-electron chi connectivity index (χ1n) is 9.76. The van der Waals surface area contributed by atoms with Crippen LogP contribution in [0.3, 0.4) is 0 Å². The average molecular weight is 403 g/mol. The zero-order valence-corrected chi connectivity index (χ0v) is 17.1. The van der Waals surface area contributed by atoms with E-state index in [-0.39, 0.29) is 11.2 Å². The summed E-state index contributed by atoms with van der Waals surface area (Å²) in [5.74, 6) is -0.362. The van der Waals surface area contributed by atoms with E-state index in [1.165, 1.54) is 6.07 Å². The lowest BCUT2D eigenvalue weighted by Gasteiger charge is -2.18. The molecule has 0 unspecified atom stereocenters. The lowest BCUT2D eigenvalue weighted by molar-refractivity contribution is 0.0735. The smallest absolute Gasteiger partial charge is 0.343 e. The molecule has 0 saturated carbocycles. The molecule has 0 atom stereocenters. The molecular formula is C25H22FNO3. The number of esters is 1. The fourth-order valence-electron chi connectivity index (χ4n) is 3.26. The Morgan fingerprint density at radius 3 is 2.47 bits per heavy atom. The highest BCUT2D eigenvalue weighted by Crippen LogP contribution is 2.27. The quantitative estimate of drug-likeness (QED) is 0.306. The van der Waals surface area contributed by atoms with Gasteiger partial charge in [-0.1, -0.05) is 56.3 Å². The van der Waals surface area contributed by atoms with Gasteiger partial charge in [0.25, 0.3) is 0 Å². The van der Waals surface area contributed by atoms with Gasteiger partial charge in [0.2, 0.25) is 0 Å². The van der Waals surface area contributed by atoms with E-state index in [9.17, 15) is 9.18 Å². The zero-order valence-electron chi connectivity index (χ0n) is 17.1. The lowest BCUT2D eigenvalue weighted by atomic mass is 9.87. The molecule has 0 amide bonds. The van der Waals surface area contributed by atoms with Crippen molar-refractivity contribution in [2.24, 2.45) is 0 Å². The fourth-order valence-corrected chi connectivity index (χ4v) is 3.26. The van der Waals surface area contributed by atoms with Crippen molar-refractivity contribution in [2.45, 2.75) is 32.6 Å². The number of fused-ring (bicyclic) bond motifs is 1. The molecule has 0 saturated heterocycles. The minimum absolute atomic E-state index is 0.0140. The van der Waals surface area contributed by atoms with Crippen molar-refractivity contribution < 1.29 is 18.4 Å². The van der Waals surface area contributed by atoms with E-state index >= 15 is 0 Å². The van der Waals surface area contributed by atoms with Crippen molar-refractivity contribution in [3.8, 4) is 5.75 Å². The lowest BCUT2D eigenvalue weighted by Crippen LogP contribution is -2.12. The van der Waals surface area contributed by atoms with Gasteiger partial charge in [-0.3, -0.25) is 0 Å². The summed E-state index contributed by atoms with van der Waals surface area (Å²) in [4.78, 5) is 12.5. The molecule has 4 aromatic rings. The maximum atomic E-state index is 13.9. The van der Waals surface area contributed by atoms with E-state index in [1.807, 2.05) is 12.1 Å². The third-order valence-electron chi connectivity index (χ3n) is 5.03. The molecule has 0 N–H and O–H groups in total. The molecular weight excluding hydrogens is 381 g/mol. The van der Waals surface area contributed by atoms with Gasteiger partial charge >= 0.3 is 5.97 Å². The molecule has 0 radical (unpaired) electrons. The van der Waals surface area contributed by atoms with Gasteiger partial charge in [-0.15, -0.1) is 0 Å². The molecule has 0 fully saturated rings. The Kier molecular flexibility index (Phi) is 5.12. The minimum Gasteiger partial charge on any atom is -0.423 e. The van der Waals surface area contributed by atoms with Crippen LogP contribution < -0.4 is 4.74 Å². The van der Waals surface area contributed by atoms with Crippen LogP contribution in [0, 0.1) is 5.82 Å². The second-order valence-electron chi connectivity index (χ2n) is 8.27. The van der Waals surface area contributed by atoms with Gasteiger partial charge in [0.15, 0.2) is 5.58 Å². The van der Waals surface area contributed by atoms with Crippen molar-refractivity contribution in [2.75, 3.05) is 0 Å². The van der Waals surface area contributed by atoms with Crippen LogP contribution in [0.1, 0.15) is 48.0 Å². The van der Waals surface area contributed by atoms with Crippen molar-refractivity contribution in [1.82, 2.24) is 5.16 Å². The Hall–Kier alpha value is -3.47. The van der Waals surface area contributed by atoms with Crippen LogP contribution >= 0.6 is 0 Å². The first-order valence-corrected chi connectivity index (χ1v) is 9.76. The molecule has 3 aromatic carbocycles. The average Bonchev–Trinajstić information content (AvgIpc) is 3.11. The van der Waals surface area contributed by atoms with Gasteiger partial charge in [0.1, 0.15) is 11.6 Å². The number of aromatic nitrogens is 1. The molecule has 0 aliphatic rings. The molecule has 30 heavy (non-hydrogen) atoms. The Balaban J connectivity index is 1.52. The van der Waals surface area contributed by atoms with Crippen LogP contribution in [0.4, 0.5) is 4.39 Å². The number of hydrogen-bond acceptors (Lipinski definition) is 4. The molecule has 5 heteroatoms. The Bertz CT molecular complexity index is 1200. The molecule has 0 bridgehead atoms. The molecule has 0 aliphatic heterocycles. The summed E-state index contributed by atoms with van der Waals surface area (Å²) in [6.07, 6.45) is 0.318. The number of nitrogens with zero attached hydrogens (tertiary/aromatic N) is 1. The number of rotatable bonds is 4. The van der Waals surface area contributed by atoms with E-state index in [1.54, 1.807) is 48.5 Å². The van der Waals surface area contributed by atoms with Crippen LogP contribution in [-0.4, -0.2) is 11.1 Å². The topological polar surface area (TPSA) is 52.3 Å². The Labute approximate surface area is 174 Å². The molecule has 1 aromatic heterocycles. The minimum atomic E-state index is -0.444. The van der Waals surface area contributed by atoms with Crippen molar-refractivity contribution in [3.05, 3.63) is 94.9 Å². The molecule has 0 spiro atoms. The van der Waals surface area contributed by atoms with Gasteiger partial charge in [-0.2, -0.15) is 0 Å². The number of carbonyl (C=O) groups excluding carboxylic acids is 1. The highest BCUT2D eigenvalue weighted by molar-refractivity contribution is 5.91. The highest BCUT2D eigenvalue weighted by atomic mass is 19.1. The molecule has 4 nitrogen and oxygen atoms in total. The third kappa shape index (κ3) is 4.10. The largest absolute Gasteiger partial charge is 0.423 e. The first-order chi connectivity index (χ1) is 14.3. The fraction of sp³-hybridized carbons (Fsp3) is 0.200. The molecule has 4 rings (SSSR count). The summed E-state index contributed by atoms with van der Waals surface area (Å²) in [7, 11) is 0. The van der Waals surface area contributed by atoms with Crippen LogP contribution in [0.2, 0.25) is 0 Å². The van der Waals surface area contributed by atoms with Gasteiger partial charge in [-0.05, 0) is 46.9 Å². The van der Waals surface area contributed by atoms with Gasteiger partial charge in [0, 0.05) is 17.9 Å². The van der Waals surface area contributed by atoms with Crippen LogP contribution in [0.15, 0.2) is 71.3 Å². The van der Waals surface area contributed by atoms with Crippen molar-refractivity contribution >= 4 is 16.9 Å². The number of carbonyl (C=O) groups is 1. The van der Waals surface area contributed by atoms with E-state index in [2.05, 4.69) is 25.9 Å². The highest BCUT2D eigenvalue weighted by Gasteiger charge is 2.16. The van der Waals surface area contributed by atoms with E-state index < -0.39 is 5.97 Å². The Morgan fingerprint density at radius 1 is 1.03 bits per heavy atom. The molecule has 152 valence electrons.